The fourth-order valence-corrected chi connectivity index (χ4v) is 8.26. The van der Waals surface area contributed by atoms with Crippen molar-refractivity contribution in [2.75, 3.05) is 29.6 Å². The monoisotopic (exact) mass is 494 g/mol. The van der Waals surface area contributed by atoms with Gasteiger partial charge >= 0.3 is 29.6 Å². The Bertz CT molecular complexity index is 853. The number of aromatic nitrogens is 2. The van der Waals surface area contributed by atoms with Gasteiger partial charge in [-0.15, -0.1) is 22.0 Å². The molecule has 3 atom stereocenters. The van der Waals surface area contributed by atoms with Gasteiger partial charge in [-0.25, -0.2) is 0 Å². The quantitative estimate of drug-likeness (QED) is 0.154. The molecule has 2 unspecified atom stereocenters. The van der Waals surface area contributed by atoms with E-state index in [-0.39, 0.29) is 58.9 Å². The van der Waals surface area contributed by atoms with Crippen molar-refractivity contribution in [1.29, 1.82) is 0 Å². The molecule has 2 aliphatic rings. The predicted molar refractivity (Wildman–Crippen MR) is 101 cm³/mol. The minimum Gasteiger partial charge on any atom is -0.549 e. The molecule has 150 valence electrons. The number of hydrogen-bond donors (Lipinski definition) is 2. The second-order valence-electron chi connectivity index (χ2n) is 6.02. The van der Waals surface area contributed by atoms with E-state index in [4.69, 9.17) is 10.3 Å². The molecule has 0 aliphatic carbocycles. The molecule has 2 fully saturated rings. The van der Waals surface area contributed by atoms with Crippen molar-refractivity contribution in [2.24, 2.45) is 11.1 Å². The summed E-state index contributed by atoms with van der Waals surface area (Å²) < 4.78 is 31.2. The third kappa shape index (κ3) is 5.56. The maximum absolute atomic E-state index is 11.8. The van der Waals surface area contributed by atoms with E-state index in [1.807, 2.05) is 0 Å². The van der Waals surface area contributed by atoms with Crippen molar-refractivity contribution >= 4 is 68.6 Å². The molecule has 2 saturated heterocycles. The van der Waals surface area contributed by atoms with Crippen LogP contribution in [0.5, 0.6) is 0 Å². The molecule has 3 rings (SSSR count). The summed E-state index contributed by atoms with van der Waals surface area (Å²) in [6, 6.07) is -0.576. The zero-order valence-corrected chi connectivity index (χ0v) is 20.7. The van der Waals surface area contributed by atoms with Crippen LogP contribution in [0.2, 0.25) is 0 Å². The molecule has 2 aliphatic heterocycles. The van der Waals surface area contributed by atoms with Crippen molar-refractivity contribution in [1.82, 2.24) is 15.1 Å². The minimum absolute atomic E-state index is 0. The number of amides is 1. The van der Waals surface area contributed by atoms with Crippen molar-refractivity contribution in [3.8, 4) is 0 Å². The number of aliphatic carboxylic acids is 1. The number of hydrogen-bond acceptors (Lipinski definition) is 12. The number of β-lactam (4-membered cyclic amide) rings is 1. The number of carboxylic acid groups (broad SMARTS) is 1. The summed E-state index contributed by atoms with van der Waals surface area (Å²) in [5.41, 5.74) is 4.52. The first-order valence-electron chi connectivity index (χ1n) is 7.55. The third-order valence-electron chi connectivity index (χ3n) is 4.05. The molecule has 0 bridgehead atoms. The van der Waals surface area contributed by atoms with E-state index in [0.29, 0.717) is 14.4 Å². The standard InChI is InChI=1S/C12H16N4O6S5.Na/c13-6-7(17)16-3-12(9(18)19,4-24-8(6)16)5-25-11-15-14-10(26-11)23-1-2-27(20,21)22;/h6,8H,1-5,13H2,(H,18,19)(H,20,21,22);/q;+1/p-1/t6?,8-,12?;/m1./s1. The van der Waals surface area contributed by atoms with E-state index >= 15 is 0 Å². The minimum atomic E-state index is -4.03. The van der Waals surface area contributed by atoms with Crippen LogP contribution in [-0.2, 0) is 19.7 Å². The summed E-state index contributed by atoms with van der Waals surface area (Å²) >= 11 is 4.89. The molecule has 0 aromatic carbocycles. The van der Waals surface area contributed by atoms with Gasteiger partial charge in [-0.05, 0) is 0 Å². The summed E-state index contributed by atoms with van der Waals surface area (Å²) in [6.45, 7) is 0.0568. The van der Waals surface area contributed by atoms with Crippen LogP contribution in [0.25, 0.3) is 0 Å². The number of fused-ring (bicyclic) bond motifs is 1. The average Bonchev–Trinajstić information content (AvgIpc) is 3.05. The SMILES string of the molecule is NC1C(=O)N2CC(CSc3nnc(SCCS(=O)(=O)O)s3)(C(=O)[O-])CS[C@H]12.[Na+]. The zero-order valence-electron chi connectivity index (χ0n) is 14.6. The molecule has 0 radical (unpaired) electrons. The molecule has 10 nitrogen and oxygen atoms in total. The van der Waals surface area contributed by atoms with E-state index in [1.165, 1.54) is 39.8 Å². The summed E-state index contributed by atoms with van der Waals surface area (Å²) in [5.74, 6) is -1.27. The smallest absolute Gasteiger partial charge is 0.549 e. The Hall–Kier alpha value is 0.420. The predicted octanol–water partition coefficient (Wildman–Crippen LogP) is -4.41. The largest absolute Gasteiger partial charge is 1.00 e. The van der Waals surface area contributed by atoms with Crippen LogP contribution >= 0.6 is 46.6 Å². The molecule has 16 heteroatoms. The Balaban J connectivity index is 0.00000280. The van der Waals surface area contributed by atoms with E-state index in [9.17, 15) is 23.1 Å². The van der Waals surface area contributed by atoms with Gasteiger partial charge < -0.3 is 20.5 Å². The maximum atomic E-state index is 11.8. The Morgan fingerprint density at radius 1 is 1.39 bits per heavy atom. The van der Waals surface area contributed by atoms with Crippen LogP contribution in [0.4, 0.5) is 0 Å². The van der Waals surface area contributed by atoms with Gasteiger partial charge in [0.1, 0.15) is 11.4 Å². The number of nitrogens with two attached hydrogens (primary N) is 1. The molecule has 1 amide bonds. The van der Waals surface area contributed by atoms with Gasteiger partial charge in [-0.3, -0.25) is 9.35 Å². The summed E-state index contributed by atoms with van der Waals surface area (Å²) in [6.07, 6.45) is 0. The van der Waals surface area contributed by atoms with Crippen LogP contribution in [0, 0.1) is 5.41 Å². The van der Waals surface area contributed by atoms with E-state index < -0.39 is 33.3 Å². The number of carbonyl (C=O) groups excluding carboxylic acids is 2. The molecular weight excluding hydrogens is 479 g/mol. The molecule has 3 heterocycles. The van der Waals surface area contributed by atoms with Gasteiger partial charge in [0, 0.05) is 29.2 Å². The Morgan fingerprint density at radius 2 is 2.04 bits per heavy atom. The second kappa shape index (κ2) is 9.70. The van der Waals surface area contributed by atoms with Gasteiger partial charge in [-0.1, -0.05) is 34.9 Å². The summed E-state index contributed by atoms with van der Waals surface area (Å²) in [4.78, 5) is 25.1. The van der Waals surface area contributed by atoms with Crippen LogP contribution in [0.3, 0.4) is 0 Å². The topological polar surface area (TPSA) is 167 Å². The number of rotatable bonds is 8. The van der Waals surface area contributed by atoms with Crippen molar-refractivity contribution < 1.29 is 57.2 Å². The molecule has 1 aromatic heterocycles. The maximum Gasteiger partial charge on any atom is 1.00 e. The van der Waals surface area contributed by atoms with E-state index in [1.54, 1.807) is 0 Å². The first-order chi connectivity index (χ1) is 12.6. The molecule has 1 aromatic rings. The number of carboxylic acids is 1. The van der Waals surface area contributed by atoms with Crippen LogP contribution in [0.15, 0.2) is 8.68 Å². The van der Waals surface area contributed by atoms with Gasteiger partial charge in [0.2, 0.25) is 5.91 Å². The second-order valence-corrected chi connectivity index (χ2v) is 12.2. The Labute approximate surface area is 200 Å². The van der Waals surface area contributed by atoms with Gasteiger partial charge in [-0.2, -0.15) is 8.42 Å². The molecular formula is C12H15N4NaO6S5. The van der Waals surface area contributed by atoms with E-state index in [0.717, 1.165) is 11.8 Å². The number of carbonyl (C=O) groups is 2. The fraction of sp³-hybridized carbons (Fsp3) is 0.667. The van der Waals surface area contributed by atoms with Crippen LogP contribution in [0.1, 0.15) is 0 Å². The molecule has 3 N–H and O–H groups in total. The Morgan fingerprint density at radius 3 is 2.64 bits per heavy atom. The van der Waals surface area contributed by atoms with Crippen molar-refractivity contribution in [3.05, 3.63) is 0 Å². The summed E-state index contributed by atoms with van der Waals surface area (Å²) in [5, 5.41) is 19.5. The van der Waals surface area contributed by atoms with Crippen molar-refractivity contribution in [3.63, 3.8) is 0 Å². The van der Waals surface area contributed by atoms with E-state index in [2.05, 4.69) is 10.2 Å². The van der Waals surface area contributed by atoms with Crippen molar-refractivity contribution in [2.45, 2.75) is 20.1 Å². The van der Waals surface area contributed by atoms with Gasteiger partial charge in [0.25, 0.3) is 10.1 Å². The Kier molecular flexibility index (Phi) is 8.55. The zero-order chi connectivity index (χ0) is 19.8. The van der Waals surface area contributed by atoms with Crippen LogP contribution in [-0.4, -0.2) is 80.9 Å². The normalized spacial score (nSPS) is 26.9. The first kappa shape index (κ1) is 24.7. The fourth-order valence-electron chi connectivity index (χ4n) is 2.55. The van der Waals surface area contributed by atoms with Gasteiger partial charge in [0.05, 0.1) is 11.7 Å². The molecule has 0 spiro atoms. The third-order valence-corrected chi connectivity index (χ3v) is 10.1. The number of nitrogens with zero attached hydrogens (tertiary/aromatic N) is 3. The summed E-state index contributed by atoms with van der Waals surface area (Å²) in [7, 11) is -4.03. The first-order valence-corrected chi connectivity index (χ1v) is 13.0. The van der Waals surface area contributed by atoms with Gasteiger partial charge in [0.15, 0.2) is 8.68 Å². The average molecular weight is 495 g/mol. The number of thioether (sulfide) groups is 3. The van der Waals surface area contributed by atoms with Crippen LogP contribution < -0.4 is 40.4 Å². The molecule has 28 heavy (non-hydrogen) atoms. The molecule has 0 saturated carbocycles.